The second kappa shape index (κ2) is 6.64. The number of aliphatic hydroxyl groups excluding tert-OH is 1. The number of rotatable bonds is 4. The Balaban J connectivity index is 1.76. The van der Waals surface area contributed by atoms with Gasteiger partial charge in [0.15, 0.2) is 0 Å². The van der Waals surface area contributed by atoms with Crippen molar-refractivity contribution < 1.29 is 13.5 Å². The first-order chi connectivity index (χ1) is 11.0. The molecule has 0 unspecified atom stereocenters. The zero-order chi connectivity index (χ0) is 16.4. The average Bonchev–Trinajstić information content (AvgIpc) is 3.10. The summed E-state index contributed by atoms with van der Waals surface area (Å²) in [4.78, 5) is 8.59. The highest BCUT2D eigenvalue weighted by Crippen LogP contribution is 2.32. The van der Waals surface area contributed by atoms with E-state index >= 15 is 0 Å². The number of hydrogen-bond acceptors (Lipinski definition) is 6. The van der Waals surface area contributed by atoms with Crippen molar-refractivity contribution in [2.75, 3.05) is 13.1 Å². The molecule has 0 radical (unpaired) electrons. The summed E-state index contributed by atoms with van der Waals surface area (Å²) in [6.45, 7) is 2.67. The van der Waals surface area contributed by atoms with Crippen LogP contribution in [0.1, 0.15) is 35.8 Å². The van der Waals surface area contributed by atoms with Gasteiger partial charge in [0, 0.05) is 30.8 Å². The minimum Gasteiger partial charge on any atom is -0.392 e. The molecule has 0 spiro atoms. The van der Waals surface area contributed by atoms with Gasteiger partial charge in [-0.15, -0.1) is 11.3 Å². The molecule has 1 N–H and O–H groups in total. The van der Waals surface area contributed by atoms with Crippen LogP contribution in [0.15, 0.2) is 27.9 Å². The Bertz CT molecular complexity index is 767. The van der Waals surface area contributed by atoms with Crippen molar-refractivity contribution in [2.24, 2.45) is 0 Å². The van der Waals surface area contributed by atoms with Gasteiger partial charge in [0.25, 0.3) is 10.0 Å². The van der Waals surface area contributed by atoms with E-state index < -0.39 is 10.0 Å². The highest BCUT2D eigenvalue weighted by Gasteiger charge is 2.31. The lowest BCUT2D eigenvalue weighted by atomic mass is 9.92. The molecule has 0 saturated carbocycles. The molecule has 0 bridgehead atoms. The maximum atomic E-state index is 12.5. The van der Waals surface area contributed by atoms with Crippen LogP contribution in [0, 0.1) is 6.92 Å². The average molecular weight is 353 g/mol. The van der Waals surface area contributed by atoms with Crippen molar-refractivity contribution in [3.05, 3.63) is 40.8 Å². The standard InChI is InChI=1S/C15H19N3O3S2/c1-11-16-9-13(10-19)15(17-11)12-4-6-18(7-5-12)23(20,21)14-3-2-8-22-14/h2-3,8-9,12,19H,4-7,10H2,1H3. The minimum absolute atomic E-state index is 0.0939. The molecule has 3 rings (SSSR count). The van der Waals surface area contributed by atoms with Gasteiger partial charge in [-0.05, 0) is 31.2 Å². The van der Waals surface area contributed by atoms with E-state index in [1.807, 2.05) is 6.92 Å². The highest BCUT2D eigenvalue weighted by molar-refractivity contribution is 7.91. The van der Waals surface area contributed by atoms with Crippen molar-refractivity contribution in [3.63, 3.8) is 0 Å². The first-order valence-corrected chi connectivity index (χ1v) is 9.81. The number of aliphatic hydroxyl groups is 1. The zero-order valence-electron chi connectivity index (χ0n) is 12.8. The van der Waals surface area contributed by atoms with Crippen LogP contribution in [-0.2, 0) is 16.6 Å². The molecule has 124 valence electrons. The molecule has 1 aliphatic heterocycles. The summed E-state index contributed by atoms with van der Waals surface area (Å²) < 4.78 is 27.0. The molecule has 2 aromatic rings. The Labute approximate surface area is 139 Å². The molecule has 2 aromatic heterocycles. The molecule has 1 saturated heterocycles. The normalized spacial score (nSPS) is 17.5. The number of sulfonamides is 1. The van der Waals surface area contributed by atoms with E-state index in [-0.39, 0.29) is 12.5 Å². The minimum atomic E-state index is -3.38. The van der Waals surface area contributed by atoms with Crippen LogP contribution in [-0.4, -0.2) is 40.9 Å². The van der Waals surface area contributed by atoms with Gasteiger partial charge in [0.2, 0.25) is 0 Å². The first-order valence-electron chi connectivity index (χ1n) is 7.49. The molecule has 8 heteroatoms. The smallest absolute Gasteiger partial charge is 0.252 e. The predicted octanol–water partition coefficient (Wildman–Crippen LogP) is 1.91. The van der Waals surface area contributed by atoms with Crippen molar-refractivity contribution in [3.8, 4) is 0 Å². The van der Waals surface area contributed by atoms with Crippen LogP contribution in [0.3, 0.4) is 0 Å². The SMILES string of the molecule is Cc1ncc(CO)c(C2CCN(S(=O)(=O)c3cccs3)CC2)n1. The Kier molecular flexibility index (Phi) is 4.77. The van der Waals surface area contributed by atoms with Crippen LogP contribution in [0.5, 0.6) is 0 Å². The number of aryl methyl sites for hydroxylation is 1. The van der Waals surface area contributed by atoms with Crippen LogP contribution < -0.4 is 0 Å². The summed E-state index contributed by atoms with van der Waals surface area (Å²) in [5, 5.41) is 11.2. The third kappa shape index (κ3) is 3.30. The fourth-order valence-corrected chi connectivity index (χ4v) is 5.51. The van der Waals surface area contributed by atoms with Gasteiger partial charge < -0.3 is 5.11 Å². The summed E-state index contributed by atoms with van der Waals surface area (Å²) in [5.74, 6) is 0.833. The molecule has 0 atom stereocenters. The third-order valence-electron chi connectivity index (χ3n) is 4.12. The van der Waals surface area contributed by atoms with Gasteiger partial charge in [0.1, 0.15) is 10.0 Å². The summed E-state index contributed by atoms with van der Waals surface area (Å²) in [6.07, 6.45) is 3.06. The van der Waals surface area contributed by atoms with E-state index in [1.54, 1.807) is 28.0 Å². The molecule has 6 nitrogen and oxygen atoms in total. The van der Waals surface area contributed by atoms with Crippen molar-refractivity contribution in [1.82, 2.24) is 14.3 Å². The molecule has 23 heavy (non-hydrogen) atoms. The highest BCUT2D eigenvalue weighted by atomic mass is 32.2. The lowest BCUT2D eigenvalue weighted by Crippen LogP contribution is -2.37. The number of aromatic nitrogens is 2. The van der Waals surface area contributed by atoms with E-state index in [1.165, 1.54) is 11.3 Å². The molecule has 1 fully saturated rings. The summed E-state index contributed by atoms with van der Waals surface area (Å²) in [6, 6.07) is 3.39. The van der Waals surface area contributed by atoms with E-state index in [4.69, 9.17) is 0 Å². The quantitative estimate of drug-likeness (QED) is 0.908. The Hall–Kier alpha value is -1.35. The lowest BCUT2D eigenvalue weighted by molar-refractivity contribution is 0.272. The molecule has 3 heterocycles. The molecule has 1 aliphatic rings. The number of piperidine rings is 1. The van der Waals surface area contributed by atoms with Gasteiger partial charge in [-0.2, -0.15) is 4.31 Å². The van der Waals surface area contributed by atoms with Gasteiger partial charge in [-0.1, -0.05) is 6.07 Å². The number of nitrogens with zero attached hydrogens (tertiary/aromatic N) is 3. The number of hydrogen-bond donors (Lipinski definition) is 1. The Morgan fingerprint density at radius 1 is 1.39 bits per heavy atom. The van der Waals surface area contributed by atoms with Crippen molar-refractivity contribution >= 4 is 21.4 Å². The van der Waals surface area contributed by atoms with E-state index in [0.29, 0.717) is 36.0 Å². The number of thiophene rings is 1. The van der Waals surface area contributed by atoms with Crippen molar-refractivity contribution in [1.29, 1.82) is 0 Å². The van der Waals surface area contributed by atoms with Crippen LogP contribution >= 0.6 is 11.3 Å². The molecule has 0 aliphatic carbocycles. The predicted molar refractivity (Wildman–Crippen MR) is 87.7 cm³/mol. The molecule has 0 aromatic carbocycles. The van der Waals surface area contributed by atoms with Gasteiger partial charge in [0.05, 0.1) is 12.3 Å². The first kappa shape index (κ1) is 16.5. The van der Waals surface area contributed by atoms with Gasteiger partial charge in [-0.3, -0.25) is 0 Å². The third-order valence-corrected chi connectivity index (χ3v) is 7.39. The Morgan fingerprint density at radius 3 is 2.74 bits per heavy atom. The van der Waals surface area contributed by atoms with E-state index in [2.05, 4.69) is 9.97 Å². The molecular weight excluding hydrogens is 334 g/mol. The monoisotopic (exact) mass is 353 g/mol. The van der Waals surface area contributed by atoms with Gasteiger partial charge in [-0.25, -0.2) is 18.4 Å². The second-order valence-corrected chi connectivity index (χ2v) is 8.71. The molecular formula is C15H19N3O3S2. The summed E-state index contributed by atoms with van der Waals surface area (Å²) >= 11 is 1.25. The zero-order valence-corrected chi connectivity index (χ0v) is 14.5. The largest absolute Gasteiger partial charge is 0.392 e. The summed E-state index contributed by atoms with van der Waals surface area (Å²) in [5.41, 5.74) is 1.59. The Morgan fingerprint density at radius 2 is 2.13 bits per heavy atom. The van der Waals surface area contributed by atoms with Crippen LogP contribution in [0.25, 0.3) is 0 Å². The molecule has 0 amide bonds. The van der Waals surface area contributed by atoms with E-state index in [0.717, 1.165) is 11.3 Å². The summed E-state index contributed by atoms with van der Waals surface area (Å²) in [7, 11) is -3.38. The van der Waals surface area contributed by atoms with Gasteiger partial charge >= 0.3 is 0 Å². The fourth-order valence-electron chi connectivity index (χ4n) is 2.89. The maximum absolute atomic E-state index is 12.5. The maximum Gasteiger partial charge on any atom is 0.252 e. The van der Waals surface area contributed by atoms with E-state index in [9.17, 15) is 13.5 Å². The topological polar surface area (TPSA) is 83.4 Å². The fraction of sp³-hybridized carbons (Fsp3) is 0.467. The van der Waals surface area contributed by atoms with Crippen LogP contribution in [0.2, 0.25) is 0 Å². The second-order valence-electron chi connectivity index (χ2n) is 5.60. The van der Waals surface area contributed by atoms with Crippen molar-refractivity contribution in [2.45, 2.75) is 36.5 Å². The van der Waals surface area contributed by atoms with Crippen LogP contribution in [0.4, 0.5) is 0 Å². The lowest BCUT2D eigenvalue weighted by Gasteiger charge is -2.31.